The number of aliphatic carboxylic acids is 1. The van der Waals surface area contributed by atoms with Crippen LogP contribution in [0.5, 0.6) is 0 Å². The van der Waals surface area contributed by atoms with E-state index in [-0.39, 0.29) is 5.92 Å². The quantitative estimate of drug-likeness (QED) is 0.755. The van der Waals surface area contributed by atoms with E-state index in [4.69, 9.17) is 0 Å². The molecule has 1 aliphatic carbocycles. The number of nitrogens with zero attached hydrogens (tertiary/aromatic N) is 2. The van der Waals surface area contributed by atoms with Gasteiger partial charge in [0.2, 0.25) is 0 Å². The van der Waals surface area contributed by atoms with Gasteiger partial charge in [0.1, 0.15) is 5.54 Å². The highest BCUT2D eigenvalue weighted by Crippen LogP contribution is 2.39. The molecule has 2 atom stereocenters. The van der Waals surface area contributed by atoms with Gasteiger partial charge in [-0.25, -0.2) is 0 Å². The average molecular weight is 297 g/mol. The van der Waals surface area contributed by atoms with Gasteiger partial charge < -0.3 is 10.4 Å². The number of likely N-dealkylation sites (N-methyl/N-ethyl adjacent to an activating group) is 1. The third-order valence-corrected chi connectivity index (χ3v) is 5.09. The van der Waals surface area contributed by atoms with Crippen molar-refractivity contribution in [1.82, 2.24) is 15.1 Å². The van der Waals surface area contributed by atoms with Crippen molar-refractivity contribution in [2.24, 2.45) is 13.0 Å². The second-order valence-corrected chi connectivity index (χ2v) is 6.55. The lowest BCUT2D eigenvalue weighted by molar-refractivity contribution is -0.146. The molecule has 5 nitrogen and oxygen atoms in total. The number of hydrogen-bond acceptors (Lipinski definition) is 4. The van der Waals surface area contributed by atoms with E-state index in [1.807, 2.05) is 26.4 Å². The van der Waals surface area contributed by atoms with Gasteiger partial charge in [0, 0.05) is 18.1 Å². The van der Waals surface area contributed by atoms with Gasteiger partial charge in [-0.05, 0) is 37.5 Å². The summed E-state index contributed by atoms with van der Waals surface area (Å²) < 4.78 is 1.79. The lowest BCUT2D eigenvalue weighted by Crippen LogP contribution is -2.54. The summed E-state index contributed by atoms with van der Waals surface area (Å²) in [4.78, 5) is 12.8. The number of carbonyl (C=O) groups is 1. The number of thioether (sulfide) groups is 1. The van der Waals surface area contributed by atoms with E-state index in [1.165, 1.54) is 0 Å². The Bertz CT molecular complexity index is 463. The van der Waals surface area contributed by atoms with Crippen molar-refractivity contribution >= 4 is 17.7 Å². The van der Waals surface area contributed by atoms with Gasteiger partial charge in [-0.2, -0.15) is 5.10 Å². The SMILES string of the molecule is CCNC1(C(=O)O)CCCC1CCSc1cnn(C)c1. The summed E-state index contributed by atoms with van der Waals surface area (Å²) >= 11 is 1.75. The van der Waals surface area contributed by atoms with Gasteiger partial charge in [-0.1, -0.05) is 13.3 Å². The van der Waals surface area contributed by atoms with Gasteiger partial charge in [0.25, 0.3) is 0 Å². The fourth-order valence-corrected chi connectivity index (χ4v) is 4.15. The van der Waals surface area contributed by atoms with Gasteiger partial charge >= 0.3 is 5.97 Å². The zero-order valence-corrected chi connectivity index (χ0v) is 12.9. The molecule has 0 amide bonds. The molecule has 1 fully saturated rings. The highest BCUT2D eigenvalue weighted by Gasteiger charge is 2.48. The zero-order valence-electron chi connectivity index (χ0n) is 12.1. The maximum atomic E-state index is 11.7. The monoisotopic (exact) mass is 297 g/mol. The van der Waals surface area contributed by atoms with Crippen molar-refractivity contribution in [2.75, 3.05) is 12.3 Å². The largest absolute Gasteiger partial charge is 0.480 e. The lowest BCUT2D eigenvalue weighted by Gasteiger charge is -2.32. The van der Waals surface area contributed by atoms with Crippen molar-refractivity contribution in [1.29, 1.82) is 0 Å². The predicted octanol–water partition coefficient (Wildman–Crippen LogP) is 2.14. The zero-order chi connectivity index (χ0) is 14.6. The first-order valence-electron chi connectivity index (χ1n) is 7.18. The predicted molar refractivity (Wildman–Crippen MR) is 79.9 cm³/mol. The molecule has 1 heterocycles. The average Bonchev–Trinajstić information content (AvgIpc) is 2.98. The number of carboxylic acids is 1. The fraction of sp³-hybridized carbons (Fsp3) is 0.714. The molecule has 2 unspecified atom stereocenters. The van der Waals surface area contributed by atoms with Crippen LogP contribution in [0.4, 0.5) is 0 Å². The number of aromatic nitrogens is 2. The Kier molecular flexibility index (Phi) is 5.10. The van der Waals surface area contributed by atoms with Crippen LogP contribution in [0.3, 0.4) is 0 Å². The molecule has 2 rings (SSSR count). The number of aryl methyl sites for hydroxylation is 1. The number of carboxylic acid groups (broad SMARTS) is 1. The fourth-order valence-electron chi connectivity index (χ4n) is 3.17. The van der Waals surface area contributed by atoms with Gasteiger partial charge in [-0.15, -0.1) is 11.8 Å². The smallest absolute Gasteiger partial charge is 0.324 e. The third-order valence-electron chi connectivity index (χ3n) is 4.11. The minimum absolute atomic E-state index is 0.226. The van der Waals surface area contributed by atoms with Crippen LogP contribution >= 0.6 is 11.8 Å². The maximum absolute atomic E-state index is 11.7. The van der Waals surface area contributed by atoms with Crippen LogP contribution in [0.1, 0.15) is 32.6 Å². The number of nitrogens with one attached hydrogen (secondary N) is 1. The molecule has 0 aromatic carbocycles. The van der Waals surface area contributed by atoms with Crippen molar-refractivity contribution in [2.45, 2.75) is 43.0 Å². The normalized spacial score (nSPS) is 26.0. The van der Waals surface area contributed by atoms with Crippen LogP contribution in [-0.4, -0.2) is 38.7 Å². The Morgan fingerprint density at radius 3 is 3.10 bits per heavy atom. The van der Waals surface area contributed by atoms with Gasteiger partial charge in [0.05, 0.1) is 6.20 Å². The first-order chi connectivity index (χ1) is 9.58. The Hall–Kier alpha value is -1.01. The minimum atomic E-state index is -0.704. The lowest BCUT2D eigenvalue weighted by atomic mass is 9.85. The molecular formula is C14H23N3O2S. The van der Waals surface area contributed by atoms with E-state index < -0.39 is 11.5 Å². The molecule has 0 aliphatic heterocycles. The number of rotatable bonds is 7. The van der Waals surface area contributed by atoms with Crippen LogP contribution in [0.15, 0.2) is 17.3 Å². The Morgan fingerprint density at radius 1 is 1.70 bits per heavy atom. The molecule has 1 aromatic rings. The second kappa shape index (κ2) is 6.63. The molecule has 1 aliphatic rings. The van der Waals surface area contributed by atoms with E-state index in [9.17, 15) is 9.90 Å². The van der Waals surface area contributed by atoms with E-state index in [2.05, 4.69) is 10.4 Å². The topological polar surface area (TPSA) is 67.2 Å². The molecule has 1 saturated carbocycles. The summed E-state index contributed by atoms with van der Waals surface area (Å²) in [6.07, 6.45) is 7.54. The van der Waals surface area contributed by atoms with E-state index in [1.54, 1.807) is 16.4 Å². The molecule has 2 N–H and O–H groups in total. The van der Waals surface area contributed by atoms with Gasteiger partial charge in [-0.3, -0.25) is 9.48 Å². The standard InChI is InChI=1S/C14H23N3O2S/c1-3-15-14(13(18)19)7-4-5-11(14)6-8-20-12-9-16-17(2)10-12/h9-11,15H,3-8H2,1-2H3,(H,18,19). The molecule has 0 spiro atoms. The summed E-state index contributed by atoms with van der Waals surface area (Å²) in [6, 6.07) is 0. The van der Waals surface area contributed by atoms with Crippen LogP contribution in [0.2, 0.25) is 0 Å². The van der Waals surface area contributed by atoms with Crippen molar-refractivity contribution < 1.29 is 9.90 Å². The molecular weight excluding hydrogens is 274 g/mol. The minimum Gasteiger partial charge on any atom is -0.480 e. The Balaban J connectivity index is 1.91. The maximum Gasteiger partial charge on any atom is 0.324 e. The molecule has 0 bridgehead atoms. The van der Waals surface area contributed by atoms with Crippen molar-refractivity contribution in [3.63, 3.8) is 0 Å². The summed E-state index contributed by atoms with van der Waals surface area (Å²) in [6.45, 7) is 2.68. The van der Waals surface area contributed by atoms with Crippen LogP contribution in [0.25, 0.3) is 0 Å². The highest BCUT2D eigenvalue weighted by atomic mass is 32.2. The molecule has 20 heavy (non-hydrogen) atoms. The molecule has 6 heteroatoms. The highest BCUT2D eigenvalue weighted by molar-refractivity contribution is 7.99. The van der Waals surface area contributed by atoms with E-state index in [0.717, 1.165) is 36.3 Å². The van der Waals surface area contributed by atoms with Gasteiger partial charge in [0.15, 0.2) is 0 Å². The van der Waals surface area contributed by atoms with Crippen LogP contribution < -0.4 is 5.32 Å². The van der Waals surface area contributed by atoms with Crippen molar-refractivity contribution in [3.8, 4) is 0 Å². The summed E-state index contributed by atoms with van der Waals surface area (Å²) in [7, 11) is 1.90. The van der Waals surface area contributed by atoms with Crippen LogP contribution in [-0.2, 0) is 11.8 Å². The second-order valence-electron chi connectivity index (χ2n) is 5.38. The summed E-state index contributed by atoms with van der Waals surface area (Å²) in [5, 5.41) is 17.0. The summed E-state index contributed by atoms with van der Waals surface area (Å²) in [5.41, 5.74) is -0.704. The Labute approximate surface area is 124 Å². The first kappa shape index (κ1) is 15.4. The third kappa shape index (κ3) is 3.17. The molecule has 0 saturated heterocycles. The number of hydrogen-bond donors (Lipinski definition) is 2. The molecule has 0 radical (unpaired) electrons. The first-order valence-corrected chi connectivity index (χ1v) is 8.17. The Morgan fingerprint density at radius 2 is 2.50 bits per heavy atom. The van der Waals surface area contributed by atoms with E-state index in [0.29, 0.717) is 6.54 Å². The van der Waals surface area contributed by atoms with Crippen LogP contribution in [0, 0.1) is 5.92 Å². The molecule has 112 valence electrons. The molecule has 1 aromatic heterocycles. The van der Waals surface area contributed by atoms with Crippen molar-refractivity contribution in [3.05, 3.63) is 12.4 Å². The summed E-state index contributed by atoms with van der Waals surface area (Å²) in [5.74, 6) is 0.480. The van der Waals surface area contributed by atoms with E-state index >= 15 is 0 Å².